The van der Waals surface area contributed by atoms with Crippen LogP contribution in [0.3, 0.4) is 0 Å². The molecule has 0 bridgehead atoms. The summed E-state index contributed by atoms with van der Waals surface area (Å²) in [5.41, 5.74) is 0.832. The lowest BCUT2D eigenvalue weighted by atomic mass is 10.1. The van der Waals surface area contributed by atoms with Crippen LogP contribution >= 0.6 is 0 Å². The smallest absolute Gasteiger partial charge is 0.345 e. The number of para-hydroxylation sites is 1. The molecular formula is C17H17NO4. The molecule has 0 amide bonds. The van der Waals surface area contributed by atoms with E-state index in [1.165, 1.54) is 12.2 Å². The second-order valence-corrected chi connectivity index (χ2v) is 4.43. The number of nitrogens with one attached hydrogen (secondary N) is 1. The maximum atomic E-state index is 12.2. The van der Waals surface area contributed by atoms with E-state index >= 15 is 0 Å². The van der Waals surface area contributed by atoms with Gasteiger partial charge in [0.1, 0.15) is 5.58 Å². The number of anilines is 1. The molecule has 1 aromatic heterocycles. The molecule has 0 aliphatic rings. The van der Waals surface area contributed by atoms with Crippen LogP contribution in [0.15, 0.2) is 52.2 Å². The Morgan fingerprint density at radius 3 is 2.91 bits per heavy atom. The zero-order valence-electron chi connectivity index (χ0n) is 12.3. The van der Waals surface area contributed by atoms with Gasteiger partial charge in [0.2, 0.25) is 0 Å². The molecule has 0 saturated carbocycles. The number of hydrogen-bond donors (Lipinski definition) is 1. The van der Waals surface area contributed by atoms with Crippen molar-refractivity contribution in [1.82, 2.24) is 0 Å². The zero-order chi connectivity index (χ0) is 15.9. The highest BCUT2D eigenvalue weighted by atomic mass is 16.5. The third kappa shape index (κ3) is 3.44. The summed E-state index contributed by atoms with van der Waals surface area (Å²) in [6.07, 6.45) is 4.30. The summed E-state index contributed by atoms with van der Waals surface area (Å²) in [7, 11) is 0. The molecule has 0 saturated heterocycles. The lowest BCUT2D eigenvalue weighted by molar-refractivity contribution is -0.137. The first-order chi connectivity index (χ1) is 10.7. The summed E-state index contributed by atoms with van der Waals surface area (Å²) in [5, 5.41) is 3.88. The molecule has 22 heavy (non-hydrogen) atoms. The van der Waals surface area contributed by atoms with Gasteiger partial charge in [0.25, 0.3) is 0 Å². The normalized spacial score (nSPS) is 10.8. The van der Waals surface area contributed by atoms with Crippen LogP contribution in [0.25, 0.3) is 17.0 Å². The van der Waals surface area contributed by atoms with Gasteiger partial charge in [-0.2, -0.15) is 0 Å². The summed E-state index contributed by atoms with van der Waals surface area (Å²) in [6.45, 7) is 6.12. The van der Waals surface area contributed by atoms with E-state index < -0.39 is 11.6 Å². The highest BCUT2D eigenvalue weighted by Crippen LogP contribution is 2.25. The van der Waals surface area contributed by atoms with Gasteiger partial charge in [-0.05, 0) is 25.1 Å². The number of ether oxygens (including phenoxy) is 1. The number of carbonyl (C=O) groups is 1. The van der Waals surface area contributed by atoms with Crippen LogP contribution in [0.5, 0.6) is 0 Å². The molecule has 2 aromatic rings. The Morgan fingerprint density at radius 2 is 2.18 bits per heavy atom. The Hall–Kier alpha value is -2.82. The average molecular weight is 299 g/mol. The van der Waals surface area contributed by atoms with Crippen LogP contribution in [0.2, 0.25) is 0 Å². The molecule has 0 spiro atoms. The van der Waals surface area contributed by atoms with E-state index in [0.29, 0.717) is 17.8 Å². The first kappa shape index (κ1) is 15.6. The molecule has 1 N–H and O–H groups in total. The summed E-state index contributed by atoms with van der Waals surface area (Å²) in [5.74, 6) is -0.510. The summed E-state index contributed by atoms with van der Waals surface area (Å²) in [4.78, 5) is 23.6. The molecular weight excluding hydrogens is 282 g/mol. The van der Waals surface area contributed by atoms with Crippen molar-refractivity contribution in [2.24, 2.45) is 0 Å². The first-order valence-corrected chi connectivity index (χ1v) is 6.92. The maximum absolute atomic E-state index is 12.2. The molecule has 5 heteroatoms. The fourth-order valence-electron chi connectivity index (χ4n) is 2.02. The van der Waals surface area contributed by atoms with E-state index in [4.69, 9.17) is 9.15 Å². The molecule has 1 aromatic carbocycles. The largest absolute Gasteiger partial charge is 0.463 e. The van der Waals surface area contributed by atoms with Crippen LogP contribution in [-0.4, -0.2) is 19.1 Å². The highest BCUT2D eigenvalue weighted by Gasteiger charge is 2.12. The molecule has 0 fully saturated rings. The van der Waals surface area contributed by atoms with Crippen molar-refractivity contribution in [2.75, 3.05) is 18.5 Å². The Bertz CT molecular complexity index is 774. The van der Waals surface area contributed by atoms with Gasteiger partial charge in [-0.3, -0.25) is 0 Å². The van der Waals surface area contributed by atoms with Crippen LogP contribution in [-0.2, 0) is 9.53 Å². The first-order valence-electron chi connectivity index (χ1n) is 6.92. The van der Waals surface area contributed by atoms with Gasteiger partial charge in [0.05, 0.1) is 17.9 Å². The quantitative estimate of drug-likeness (QED) is 0.384. The fraction of sp³-hybridized carbons (Fsp3) is 0.176. The standard InChI is InChI=1S/C17H17NO4/c1-3-11-18-16-12-7-5-6-8-14(12)22-17(20)13(16)9-10-15(19)21-4-2/h3,5-10,18H,1,4,11H2,2H3/b10-9+. The van der Waals surface area contributed by atoms with Crippen LogP contribution in [0.1, 0.15) is 12.5 Å². The Labute approximate surface area is 127 Å². The van der Waals surface area contributed by atoms with Crippen LogP contribution in [0.4, 0.5) is 5.69 Å². The number of fused-ring (bicyclic) bond motifs is 1. The third-order valence-electron chi connectivity index (χ3n) is 2.94. The lowest BCUT2D eigenvalue weighted by Crippen LogP contribution is -2.11. The fourth-order valence-corrected chi connectivity index (χ4v) is 2.02. The molecule has 2 rings (SSSR count). The van der Waals surface area contributed by atoms with Gasteiger partial charge in [-0.1, -0.05) is 18.2 Å². The van der Waals surface area contributed by atoms with Crippen molar-refractivity contribution in [1.29, 1.82) is 0 Å². The average Bonchev–Trinajstić information content (AvgIpc) is 2.51. The third-order valence-corrected chi connectivity index (χ3v) is 2.94. The molecule has 0 atom stereocenters. The summed E-state index contributed by atoms with van der Waals surface area (Å²) in [6, 6.07) is 7.19. The van der Waals surface area contributed by atoms with Crippen molar-refractivity contribution >= 4 is 28.7 Å². The minimum atomic E-state index is -0.522. The van der Waals surface area contributed by atoms with Crippen LogP contribution in [0, 0.1) is 0 Å². The predicted molar refractivity (Wildman–Crippen MR) is 86.8 cm³/mol. The molecule has 0 aliphatic carbocycles. The van der Waals surface area contributed by atoms with Gasteiger partial charge in [-0.25, -0.2) is 9.59 Å². The van der Waals surface area contributed by atoms with Gasteiger partial charge >= 0.3 is 11.6 Å². The van der Waals surface area contributed by atoms with E-state index in [-0.39, 0.29) is 12.2 Å². The van der Waals surface area contributed by atoms with Crippen molar-refractivity contribution in [3.05, 3.63) is 59.0 Å². The predicted octanol–water partition coefficient (Wildman–Crippen LogP) is 2.97. The number of carbonyl (C=O) groups excluding carboxylic acids is 1. The molecule has 114 valence electrons. The Morgan fingerprint density at radius 1 is 1.41 bits per heavy atom. The van der Waals surface area contributed by atoms with Crippen LogP contribution < -0.4 is 10.9 Å². The monoisotopic (exact) mass is 299 g/mol. The van der Waals surface area contributed by atoms with Gasteiger partial charge in [-0.15, -0.1) is 6.58 Å². The summed E-state index contributed by atoms with van der Waals surface area (Å²) >= 11 is 0. The van der Waals surface area contributed by atoms with E-state index in [1.807, 2.05) is 12.1 Å². The molecule has 0 aliphatic heterocycles. The minimum Gasteiger partial charge on any atom is -0.463 e. The number of benzene rings is 1. The number of hydrogen-bond acceptors (Lipinski definition) is 5. The van der Waals surface area contributed by atoms with Crippen molar-refractivity contribution < 1.29 is 13.9 Å². The van der Waals surface area contributed by atoms with Gasteiger partial charge in [0.15, 0.2) is 0 Å². The van der Waals surface area contributed by atoms with E-state index in [2.05, 4.69) is 11.9 Å². The minimum absolute atomic E-state index is 0.272. The van der Waals surface area contributed by atoms with E-state index in [1.54, 1.807) is 25.1 Å². The number of esters is 1. The molecule has 0 radical (unpaired) electrons. The van der Waals surface area contributed by atoms with Gasteiger partial charge < -0.3 is 14.5 Å². The lowest BCUT2D eigenvalue weighted by Gasteiger charge is -2.10. The Balaban J connectivity index is 2.55. The maximum Gasteiger partial charge on any atom is 0.345 e. The molecule has 0 unspecified atom stereocenters. The topological polar surface area (TPSA) is 68.5 Å². The molecule has 5 nitrogen and oxygen atoms in total. The van der Waals surface area contributed by atoms with Crippen molar-refractivity contribution in [2.45, 2.75) is 6.92 Å². The Kier molecular flexibility index (Phi) is 5.14. The zero-order valence-corrected chi connectivity index (χ0v) is 12.3. The van der Waals surface area contributed by atoms with Crippen molar-refractivity contribution in [3.8, 4) is 0 Å². The SMILES string of the molecule is C=CCNc1c(/C=C/C(=O)OCC)c(=O)oc2ccccc12. The second-order valence-electron chi connectivity index (χ2n) is 4.43. The molecule has 1 heterocycles. The second kappa shape index (κ2) is 7.26. The number of rotatable bonds is 6. The highest BCUT2D eigenvalue weighted by molar-refractivity contribution is 5.96. The van der Waals surface area contributed by atoms with Gasteiger partial charge in [0, 0.05) is 18.0 Å². The van der Waals surface area contributed by atoms with E-state index in [0.717, 1.165) is 5.39 Å². The summed E-state index contributed by atoms with van der Waals surface area (Å²) < 4.78 is 10.1. The van der Waals surface area contributed by atoms with Crippen molar-refractivity contribution in [3.63, 3.8) is 0 Å². The van der Waals surface area contributed by atoms with E-state index in [9.17, 15) is 9.59 Å².